The first-order valence-electron chi connectivity index (χ1n) is 9.29. The monoisotopic (exact) mass is 403 g/mol. The number of thiazole rings is 1. The zero-order chi connectivity index (χ0) is 19.9. The smallest absolute Gasteiger partial charge is 0.254 e. The first-order valence-corrected chi connectivity index (χ1v) is 10.2. The molecule has 2 amide bonds. The van der Waals surface area contributed by atoms with E-state index in [-0.39, 0.29) is 17.7 Å². The second-order valence-corrected chi connectivity index (χ2v) is 7.61. The molecule has 2 heterocycles. The number of aromatic nitrogens is 1. The van der Waals surface area contributed by atoms with Gasteiger partial charge in [0.1, 0.15) is 11.5 Å². The number of nitrogens with one attached hydrogen (secondary N) is 1. The maximum Gasteiger partial charge on any atom is 0.254 e. The Bertz CT molecular complexity index is 780. The molecule has 1 aliphatic rings. The molecule has 0 radical (unpaired) electrons. The Balaban J connectivity index is 1.50. The van der Waals surface area contributed by atoms with E-state index in [4.69, 9.17) is 9.47 Å². The van der Waals surface area contributed by atoms with E-state index in [2.05, 4.69) is 10.3 Å². The number of methoxy groups -OCH3 is 2. The Morgan fingerprint density at radius 1 is 1.18 bits per heavy atom. The maximum atomic E-state index is 12.8. The lowest BCUT2D eigenvalue weighted by Crippen LogP contribution is -2.43. The molecule has 1 aromatic carbocycles. The quantitative estimate of drug-likeness (QED) is 0.768. The number of rotatable bonds is 7. The Hall–Kier alpha value is -2.61. The first-order chi connectivity index (χ1) is 13.6. The van der Waals surface area contributed by atoms with Gasteiger partial charge in [0.15, 0.2) is 0 Å². The Morgan fingerprint density at radius 2 is 1.86 bits per heavy atom. The molecule has 3 rings (SSSR count). The van der Waals surface area contributed by atoms with E-state index in [1.807, 2.05) is 5.38 Å². The Labute approximate surface area is 168 Å². The SMILES string of the molecule is COc1cc(OC)cc(C(=O)N2CCC(C(=O)NCCc3nccs3)CC2)c1. The molecule has 1 N–H and O–H groups in total. The second kappa shape index (κ2) is 9.54. The van der Waals surface area contributed by atoms with E-state index in [0.717, 1.165) is 11.4 Å². The summed E-state index contributed by atoms with van der Waals surface area (Å²) in [5.74, 6) is 1.10. The van der Waals surface area contributed by atoms with Crippen LogP contribution >= 0.6 is 11.3 Å². The van der Waals surface area contributed by atoms with Gasteiger partial charge in [-0.2, -0.15) is 0 Å². The van der Waals surface area contributed by atoms with Crippen molar-refractivity contribution < 1.29 is 19.1 Å². The highest BCUT2D eigenvalue weighted by molar-refractivity contribution is 7.09. The third kappa shape index (κ3) is 5.01. The number of piperidine rings is 1. The molecule has 28 heavy (non-hydrogen) atoms. The van der Waals surface area contributed by atoms with Gasteiger partial charge in [0, 0.05) is 55.2 Å². The molecule has 0 aliphatic carbocycles. The van der Waals surface area contributed by atoms with Crippen molar-refractivity contribution in [2.24, 2.45) is 5.92 Å². The number of ether oxygens (including phenoxy) is 2. The number of carbonyl (C=O) groups is 2. The summed E-state index contributed by atoms with van der Waals surface area (Å²) in [5, 5.41) is 5.94. The standard InChI is InChI=1S/C20H25N3O4S/c1-26-16-11-15(12-17(13-16)27-2)20(25)23-8-4-14(5-9-23)19(24)22-6-3-18-21-7-10-28-18/h7,10-14H,3-6,8-9H2,1-2H3,(H,22,24). The van der Waals surface area contributed by atoms with Crippen molar-refractivity contribution in [1.29, 1.82) is 0 Å². The van der Waals surface area contributed by atoms with Crippen LogP contribution in [0.25, 0.3) is 0 Å². The summed E-state index contributed by atoms with van der Waals surface area (Å²) >= 11 is 1.59. The lowest BCUT2D eigenvalue weighted by atomic mass is 9.95. The van der Waals surface area contributed by atoms with E-state index in [1.54, 1.807) is 54.9 Å². The van der Waals surface area contributed by atoms with Crippen LogP contribution in [0.5, 0.6) is 11.5 Å². The number of nitrogens with zero attached hydrogens (tertiary/aromatic N) is 2. The van der Waals surface area contributed by atoms with E-state index in [9.17, 15) is 9.59 Å². The van der Waals surface area contributed by atoms with Gasteiger partial charge in [-0.25, -0.2) is 4.98 Å². The molecule has 1 fully saturated rings. The molecule has 1 aromatic heterocycles. The second-order valence-electron chi connectivity index (χ2n) is 6.63. The molecule has 0 spiro atoms. The third-order valence-corrected chi connectivity index (χ3v) is 5.71. The molecule has 8 heteroatoms. The number of carbonyl (C=O) groups excluding carboxylic acids is 2. The van der Waals surface area contributed by atoms with Gasteiger partial charge in [-0.15, -0.1) is 11.3 Å². The summed E-state index contributed by atoms with van der Waals surface area (Å²) in [6.45, 7) is 1.71. The van der Waals surface area contributed by atoms with Crippen LogP contribution in [0.15, 0.2) is 29.8 Å². The van der Waals surface area contributed by atoms with Gasteiger partial charge < -0.3 is 19.7 Å². The van der Waals surface area contributed by atoms with Crippen LogP contribution < -0.4 is 14.8 Å². The van der Waals surface area contributed by atoms with E-state index >= 15 is 0 Å². The Kier molecular flexibility index (Phi) is 6.86. The van der Waals surface area contributed by atoms with Crippen LogP contribution in [0, 0.1) is 5.92 Å². The van der Waals surface area contributed by atoms with Crippen LogP contribution in [0.1, 0.15) is 28.2 Å². The summed E-state index contributed by atoms with van der Waals surface area (Å²) < 4.78 is 10.5. The largest absolute Gasteiger partial charge is 0.497 e. The van der Waals surface area contributed by atoms with Crippen LogP contribution in [0.2, 0.25) is 0 Å². The zero-order valence-electron chi connectivity index (χ0n) is 16.1. The highest BCUT2D eigenvalue weighted by atomic mass is 32.1. The number of amides is 2. The lowest BCUT2D eigenvalue weighted by Gasteiger charge is -2.31. The summed E-state index contributed by atoms with van der Waals surface area (Å²) in [4.78, 5) is 31.2. The van der Waals surface area contributed by atoms with Gasteiger partial charge >= 0.3 is 0 Å². The van der Waals surface area contributed by atoms with Crippen molar-refractivity contribution in [3.63, 3.8) is 0 Å². The lowest BCUT2D eigenvalue weighted by molar-refractivity contribution is -0.126. The summed E-state index contributed by atoms with van der Waals surface area (Å²) in [6.07, 6.45) is 3.84. The van der Waals surface area contributed by atoms with Gasteiger partial charge in [0.05, 0.1) is 19.2 Å². The zero-order valence-corrected chi connectivity index (χ0v) is 17.0. The van der Waals surface area contributed by atoms with Gasteiger partial charge in [-0.05, 0) is 25.0 Å². The minimum Gasteiger partial charge on any atom is -0.497 e. The summed E-state index contributed by atoms with van der Waals surface area (Å²) in [7, 11) is 3.11. The Morgan fingerprint density at radius 3 is 2.43 bits per heavy atom. The predicted molar refractivity (Wildman–Crippen MR) is 107 cm³/mol. The van der Waals surface area contributed by atoms with Gasteiger partial charge in [-0.1, -0.05) is 0 Å². The van der Waals surface area contributed by atoms with Crippen molar-refractivity contribution >= 4 is 23.2 Å². The van der Waals surface area contributed by atoms with Crippen molar-refractivity contribution in [3.05, 3.63) is 40.3 Å². The molecule has 0 atom stereocenters. The molecular weight excluding hydrogens is 378 g/mol. The van der Waals surface area contributed by atoms with Crippen molar-refractivity contribution in [3.8, 4) is 11.5 Å². The minimum atomic E-state index is -0.0696. The van der Waals surface area contributed by atoms with Gasteiger partial charge in [0.2, 0.25) is 5.91 Å². The topological polar surface area (TPSA) is 80.8 Å². The van der Waals surface area contributed by atoms with Crippen molar-refractivity contribution in [2.45, 2.75) is 19.3 Å². The van der Waals surface area contributed by atoms with Gasteiger partial charge in [0.25, 0.3) is 5.91 Å². The molecule has 7 nitrogen and oxygen atoms in total. The summed E-state index contributed by atoms with van der Waals surface area (Å²) in [5.41, 5.74) is 0.530. The molecule has 0 bridgehead atoms. The van der Waals surface area contributed by atoms with Crippen LogP contribution in [-0.2, 0) is 11.2 Å². The molecular formula is C20H25N3O4S. The number of benzene rings is 1. The number of hydrogen-bond donors (Lipinski definition) is 1. The van der Waals surface area contributed by atoms with E-state index < -0.39 is 0 Å². The van der Waals surface area contributed by atoms with Crippen molar-refractivity contribution in [2.75, 3.05) is 33.9 Å². The number of likely N-dealkylation sites (tertiary alicyclic amines) is 1. The van der Waals surface area contributed by atoms with Gasteiger partial charge in [-0.3, -0.25) is 9.59 Å². The molecule has 1 aliphatic heterocycles. The fraction of sp³-hybridized carbons (Fsp3) is 0.450. The van der Waals surface area contributed by atoms with Crippen LogP contribution in [0.4, 0.5) is 0 Å². The molecule has 0 unspecified atom stereocenters. The number of hydrogen-bond acceptors (Lipinski definition) is 6. The highest BCUT2D eigenvalue weighted by Crippen LogP contribution is 2.25. The van der Waals surface area contributed by atoms with E-state index in [1.165, 1.54) is 0 Å². The average molecular weight is 404 g/mol. The molecule has 2 aromatic rings. The van der Waals surface area contributed by atoms with Crippen LogP contribution in [-0.4, -0.2) is 55.6 Å². The minimum absolute atomic E-state index is 0.0554. The predicted octanol–water partition coefficient (Wildman–Crippen LogP) is 2.37. The average Bonchev–Trinajstić information content (AvgIpc) is 3.26. The normalized spacial score (nSPS) is 14.6. The van der Waals surface area contributed by atoms with Crippen LogP contribution in [0.3, 0.4) is 0 Å². The first kappa shape index (κ1) is 20.1. The molecule has 0 saturated carbocycles. The fourth-order valence-electron chi connectivity index (χ4n) is 3.27. The fourth-order valence-corrected chi connectivity index (χ4v) is 3.89. The molecule has 1 saturated heterocycles. The maximum absolute atomic E-state index is 12.8. The third-order valence-electron chi connectivity index (χ3n) is 4.87. The highest BCUT2D eigenvalue weighted by Gasteiger charge is 2.28. The molecule has 150 valence electrons. The summed E-state index contributed by atoms with van der Waals surface area (Å²) in [6, 6.07) is 5.16. The van der Waals surface area contributed by atoms with Crippen molar-refractivity contribution in [1.82, 2.24) is 15.2 Å². The van der Waals surface area contributed by atoms with E-state index in [0.29, 0.717) is 49.5 Å².